The van der Waals surface area contributed by atoms with Gasteiger partial charge in [0, 0.05) is 18.8 Å². The van der Waals surface area contributed by atoms with Crippen molar-refractivity contribution in [3.05, 3.63) is 18.1 Å². The van der Waals surface area contributed by atoms with E-state index in [1.165, 1.54) is 12.8 Å². The molecule has 0 bridgehead atoms. The third-order valence-electron chi connectivity index (χ3n) is 3.50. The summed E-state index contributed by atoms with van der Waals surface area (Å²) in [5.74, 6) is 1.85. The molecule has 1 atom stereocenters. The van der Waals surface area contributed by atoms with Gasteiger partial charge >= 0.3 is 0 Å². The molecule has 3 rings (SSSR count). The smallest absolute Gasteiger partial charge is 0.143 e. The van der Waals surface area contributed by atoms with Gasteiger partial charge in [0.25, 0.3) is 0 Å². The lowest BCUT2D eigenvalue weighted by molar-refractivity contribution is 0.445. The van der Waals surface area contributed by atoms with Crippen LogP contribution in [0, 0.1) is 12.8 Å². The highest BCUT2D eigenvalue weighted by Crippen LogP contribution is 2.27. The van der Waals surface area contributed by atoms with Crippen molar-refractivity contribution < 1.29 is 0 Å². The van der Waals surface area contributed by atoms with Crippen molar-refractivity contribution in [2.75, 3.05) is 18.0 Å². The van der Waals surface area contributed by atoms with Gasteiger partial charge in [-0.3, -0.25) is 0 Å². The molecule has 1 aliphatic rings. The molecule has 0 radical (unpaired) electrons. The second kappa shape index (κ2) is 4.02. The number of piperidine rings is 1. The SMILES string of the molecule is Cc1cc2c(N3CCCC(C)C3)ncnc2[nH]1. The van der Waals surface area contributed by atoms with Crippen LogP contribution >= 0.6 is 0 Å². The molecule has 4 heteroatoms. The molecule has 3 heterocycles. The van der Waals surface area contributed by atoms with E-state index in [1.807, 2.05) is 0 Å². The van der Waals surface area contributed by atoms with Crippen molar-refractivity contribution in [3.8, 4) is 0 Å². The second-order valence-corrected chi connectivity index (χ2v) is 5.11. The van der Waals surface area contributed by atoms with Gasteiger partial charge in [-0.25, -0.2) is 9.97 Å². The largest absolute Gasteiger partial charge is 0.356 e. The van der Waals surface area contributed by atoms with Crippen molar-refractivity contribution in [2.24, 2.45) is 5.92 Å². The van der Waals surface area contributed by atoms with Gasteiger partial charge in [-0.1, -0.05) is 6.92 Å². The Labute approximate surface area is 101 Å². The number of nitrogens with zero attached hydrogens (tertiary/aromatic N) is 3. The van der Waals surface area contributed by atoms with Crippen molar-refractivity contribution in [1.29, 1.82) is 0 Å². The van der Waals surface area contributed by atoms with Crippen LogP contribution < -0.4 is 4.90 Å². The molecule has 17 heavy (non-hydrogen) atoms. The minimum Gasteiger partial charge on any atom is -0.356 e. The van der Waals surface area contributed by atoms with E-state index in [2.05, 4.69) is 39.8 Å². The van der Waals surface area contributed by atoms with Crippen LogP contribution in [0.5, 0.6) is 0 Å². The number of nitrogens with one attached hydrogen (secondary N) is 1. The lowest BCUT2D eigenvalue weighted by Gasteiger charge is -2.32. The lowest BCUT2D eigenvalue weighted by Crippen LogP contribution is -2.34. The summed E-state index contributed by atoms with van der Waals surface area (Å²) in [6, 6.07) is 2.14. The highest BCUT2D eigenvalue weighted by atomic mass is 15.2. The highest BCUT2D eigenvalue weighted by molar-refractivity contribution is 5.88. The minimum atomic E-state index is 0.758. The number of aryl methyl sites for hydroxylation is 1. The molecule has 0 saturated carbocycles. The van der Waals surface area contributed by atoms with Gasteiger partial charge in [-0.2, -0.15) is 0 Å². The predicted molar refractivity (Wildman–Crippen MR) is 69.2 cm³/mol. The van der Waals surface area contributed by atoms with Gasteiger partial charge < -0.3 is 9.88 Å². The van der Waals surface area contributed by atoms with Crippen molar-refractivity contribution in [2.45, 2.75) is 26.7 Å². The average Bonchev–Trinajstić information content (AvgIpc) is 2.68. The van der Waals surface area contributed by atoms with Crippen LogP contribution in [0.1, 0.15) is 25.5 Å². The Morgan fingerprint density at radius 2 is 2.29 bits per heavy atom. The zero-order valence-electron chi connectivity index (χ0n) is 10.4. The van der Waals surface area contributed by atoms with E-state index in [0.29, 0.717) is 0 Å². The van der Waals surface area contributed by atoms with E-state index in [-0.39, 0.29) is 0 Å². The third kappa shape index (κ3) is 1.88. The molecule has 1 fully saturated rings. The van der Waals surface area contributed by atoms with Gasteiger partial charge in [0.2, 0.25) is 0 Å². The van der Waals surface area contributed by atoms with Crippen LogP contribution in [0.25, 0.3) is 11.0 Å². The summed E-state index contributed by atoms with van der Waals surface area (Å²) >= 11 is 0. The maximum atomic E-state index is 4.47. The zero-order valence-corrected chi connectivity index (χ0v) is 10.4. The first-order valence-corrected chi connectivity index (χ1v) is 6.29. The molecular formula is C13H18N4. The maximum absolute atomic E-state index is 4.47. The number of rotatable bonds is 1. The predicted octanol–water partition coefficient (Wildman–Crippen LogP) is 2.50. The number of anilines is 1. The quantitative estimate of drug-likeness (QED) is 0.818. The van der Waals surface area contributed by atoms with Crippen LogP contribution in [-0.2, 0) is 0 Å². The zero-order chi connectivity index (χ0) is 11.8. The number of H-pyrrole nitrogens is 1. The summed E-state index contributed by atoms with van der Waals surface area (Å²) in [6.45, 7) is 6.59. The molecule has 4 nitrogen and oxygen atoms in total. The van der Waals surface area contributed by atoms with E-state index in [9.17, 15) is 0 Å². The minimum absolute atomic E-state index is 0.758. The molecule has 1 unspecified atom stereocenters. The van der Waals surface area contributed by atoms with Gasteiger partial charge in [0.15, 0.2) is 0 Å². The van der Waals surface area contributed by atoms with E-state index >= 15 is 0 Å². The van der Waals surface area contributed by atoms with Gasteiger partial charge in [-0.15, -0.1) is 0 Å². The fraction of sp³-hybridized carbons (Fsp3) is 0.538. The van der Waals surface area contributed by atoms with Crippen LogP contribution in [0.15, 0.2) is 12.4 Å². The number of hydrogen-bond acceptors (Lipinski definition) is 3. The molecule has 90 valence electrons. The normalized spacial score (nSPS) is 21.1. The first-order valence-electron chi connectivity index (χ1n) is 6.29. The summed E-state index contributed by atoms with van der Waals surface area (Å²) < 4.78 is 0. The van der Waals surface area contributed by atoms with E-state index in [1.54, 1.807) is 6.33 Å². The Kier molecular flexibility index (Phi) is 2.50. The topological polar surface area (TPSA) is 44.8 Å². The molecule has 2 aromatic rings. The van der Waals surface area contributed by atoms with Gasteiger partial charge in [0.1, 0.15) is 17.8 Å². The number of fused-ring (bicyclic) bond motifs is 1. The second-order valence-electron chi connectivity index (χ2n) is 5.11. The number of aromatic amines is 1. The van der Waals surface area contributed by atoms with Crippen molar-refractivity contribution in [3.63, 3.8) is 0 Å². The summed E-state index contributed by atoms with van der Waals surface area (Å²) in [5.41, 5.74) is 2.09. The molecule has 1 aliphatic heterocycles. The molecule has 0 aromatic carbocycles. The lowest BCUT2D eigenvalue weighted by atomic mass is 10.0. The summed E-state index contributed by atoms with van der Waals surface area (Å²) in [4.78, 5) is 14.4. The maximum Gasteiger partial charge on any atom is 0.143 e. The Morgan fingerprint density at radius 3 is 3.12 bits per heavy atom. The first-order chi connectivity index (χ1) is 8.24. The summed E-state index contributed by atoms with van der Waals surface area (Å²) in [6.07, 6.45) is 4.25. The summed E-state index contributed by atoms with van der Waals surface area (Å²) in [5, 5.41) is 1.15. The third-order valence-corrected chi connectivity index (χ3v) is 3.50. The number of aromatic nitrogens is 3. The molecule has 0 amide bonds. The van der Waals surface area contributed by atoms with Crippen molar-refractivity contribution in [1.82, 2.24) is 15.0 Å². The monoisotopic (exact) mass is 230 g/mol. The van der Waals surface area contributed by atoms with Crippen LogP contribution in [-0.4, -0.2) is 28.0 Å². The Hall–Kier alpha value is -1.58. The fourth-order valence-electron chi connectivity index (χ4n) is 2.69. The molecule has 0 spiro atoms. The van der Waals surface area contributed by atoms with Crippen molar-refractivity contribution >= 4 is 16.9 Å². The van der Waals surface area contributed by atoms with Gasteiger partial charge in [-0.05, 0) is 31.7 Å². The number of hydrogen-bond donors (Lipinski definition) is 1. The van der Waals surface area contributed by atoms with Gasteiger partial charge in [0.05, 0.1) is 5.39 Å². The van der Waals surface area contributed by atoms with E-state index in [0.717, 1.165) is 41.6 Å². The molecule has 1 saturated heterocycles. The van der Waals surface area contributed by atoms with Crippen LogP contribution in [0.3, 0.4) is 0 Å². The summed E-state index contributed by atoms with van der Waals surface area (Å²) in [7, 11) is 0. The molecule has 2 aromatic heterocycles. The average molecular weight is 230 g/mol. The molecule has 1 N–H and O–H groups in total. The van der Waals surface area contributed by atoms with E-state index < -0.39 is 0 Å². The standard InChI is InChI=1S/C13H18N4/c1-9-4-3-5-17(7-9)13-11-6-10(2)16-12(11)14-8-15-13/h6,8-9H,3-5,7H2,1-2H3,(H,14,15,16). The Bertz CT molecular complexity index is 531. The van der Waals surface area contributed by atoms with E-state index in [4.69, 9.17) is 0 Å². The first kappa shape index (κ1) is 10.6. The van der Waals surface area contributed by atoms with Crippen LogP contribution in [0.2, 0.25) is 0 Å². The molecule has 0 aliphatic carbocycles. The Balaban J connectivity index is 2.04. The molecular weight excluding hydrogens is 212 g/mol. The fourth-order valence-corrected chi connectivity index (χ4v) is 2.69. The van der Waals surface area contributed by atoms with Crippen LogP contribution in [0.4, 0.5) is 5.82 Å². The Morgan fingerprint density at radius 1 is 1.41 bits per heavy atom. The highest BCUT2D eigenvalue weighted by Gasteiger charge is 2.20.